The first kappa shape index (κ1) is 21.8. The summed E-state index contributed by atoms with van der Waals surface area (Å²) in [5.41, 5.74) is 2.78. The predicted molar refractivity (Wildman–Crippen MR) is 118 cm³/mol. The maximum atomic E-state index is 13.0. The smallest absolute Gasteiger partial charge is 0.256 e. The second-order valence-corrected chi connectivity index (χ2v) is 7.68. The molecule has 1 aromatic carbocycles. The molecule has 0 aliphatic carbocycles. The summed E-state index contributed by atoms with van der Waals surface area (Å²) in [6.07, 6.45) is 0.863. The van der Waals surface area contributed by atoms with Crippen molar-refractivity contribution in [2.24, 2.45) is 0 Å². The van der Waals surface area contributed by atoms with Gasteiger partial charge >= 0.3 is 0 Å². The van der Waals surface area contributed by atoms with Gasteiger partial charge < -0.3 is 14.8 Å². The minimum atomic E-state index is -0.318. The Morgan fingerprint density at radius 2 is 1.80 bits per heavy atom. The lowest BCUT2D eigenvalue weighted by atomic mass is 10.2. The van der Waals surface area contributed by atoms with E-state index >= 15 is 0 Å². The van der Waals surface area contributed by atoms with Crippen LogP contribution in [0, 0.1) is 20.8 Å². The number of halogens is 1. The van der Waals surface area contributed by atoms with Crippen LogP contribution in [-0.2, 0) is 0 Å². The molecule has 3 aromatic rings. The van der Waals surface area contributed by atoms with E-state index in [9.17, 15) is 4.79 Å². The van der Waals surface area contributed by atoms with Crippen molar-refractivity contribution >= 4 is 27.7 Å². The van der Waals surface area contributed by atoms with Crippen molar-refractivity contribution in [3.05, 3.63) is 51.4 Å². The molecule has 1 N–H and O–H groups in total. The molecule has 2 aromatic heterocycles. The Morgan fingerprint density at radius 1 is 1.10 bits per heavy atom. The van der Waals surface area contributed by atoms with Crippen LogP contribution in [0.1, 0.15) is 40.8 Å². The fourth-order valence-electron chi connectivity index (χ4n) is 2.93. The van der Waals surface area contributed by atoms with Gasteiger partial charge in [-0.05, 0) is 61.3 Å². The van der Waals surface area contributed by atoms with Gasteiger partial charge in [-0.1, -0.05) is 6.92 Å². The van der Waals surface area contributed by atoms with Crippen LogP contribution in [0.3, 0.4) is 0 Å². The van der Waals surface area contributed by atoms with E-state index < -0.39 is 0 Å². The van der Waals surface area contributed by atoms with Crippen LogP contribution in [0.15, 0.2) is 28.7 Å². The van der Waals surface area contributed by atoms with E-state index in [2.05, 4.69) is 36.3 Å². The number of methoxy groups -OCH3 is 1. The number of amides is 1. The zero-order valence-corrected chi connectivity index (χ0v) is 19.2. The van der Waals surface area contributed by atoms with E-state index in [-0.39, 0.29) is 5.91 Å². The van der Waals surface area contributed by atoms with Gasteiger partial charge in [-0.3, -0.25) is 4.79 Å². The van der Waals surface area contributed by atoms with Crippen LogP contribution in [0.25, 0.3) is 5.95 Å². The van der Waals surface area contributed by atoms with E-state index in [1.54, 1.807) is 18.2 Å². The molecule has 2 heterocycles. The average molecular weight is 474 g/mol. The van der Waals surface area contributed by atoms with Crippen LogP contribution < -0.4 is 14.8 Å². The number of anilines is 1. The number of benzene rings is 1. The highest BCUT2D eigenvalue weighted by Crippen LogP contribution is 2.37. The molecule has 158 valence electrons. The molecular weight excluding hydrogens is 450 g/mol. The van der Waals surface area contributed by atoms with Crippen LogP contribution in [-0.4, -0.2) is 39.4 Å². The van der Waals surface area contributed by atoms with E-state index in [0.717, 1.165) is 23.5 Å². The molecule has 0 aliphatic heterocycles. The maximum Gasteiger partial charge on any atom is 0.256 e. The van der Waals surface area contributed by atoms with Crippen molar-refractivity contribution in [3.63, 3.8) is 0 Å². The molecule has 0 spiro atoms. The van der Waals surface area contributed by atoms with E-state index in [1.165, 1.54) is 11.8 Å². The Morgan fingerprint density at radius 3 is 2.43 bits per heavy atom. The molecule has 0 bridgehead atoms. The number of rotatable bonds is 7. The average Bonchev–Trinajstić information content (AvgIpc) is 3.05. The maximum absolute atomic E-state index is 13.0. The lowest BCUT2D eigenvalue weighted by Crippen LogP contribution is -2.17. The van der Waals surface area contributed by atoms with Gasteiger partial charge in [0.15, 0.2) is 11.5 Å². The summed E-state index contributed by atoms with van der Waals surface area (Å²) in [4.78, 5) is 21.8. The first-order valence-electron chi connectivity index (χ1n) is 9.53. The monoisotopic (exact) mass is 473 g/mol. The Labute approximate surface area is 183 Å². The van der Waals surface area contributed by atoms with Gasteiger partial charge in [0.1, 0.15) is 5.82 Å². The molecule has 3 rings (SSSR count). The second kappa shape index (κ2) is 9.25. The standard InChI is InChI=1S/C21H24BrN5O3/c1-6-7-30-19-16(22)10-15(11-17(19)29-5)20(28)25-18-9-14(4)26-27(18)21-23-12(2)8-13(3)24-21/h8-11H,6-7H2,1-5H3,(H,25,28). The van der Waals surface area contributed by atoms with Crippen LogP contribution in [0.5, 0.6) is 11.5 Å². The summed E-state index contributed by atoms with van der Waals surface area (Å²) in [6.45, 7) is 8.19. The van der Waals surface area contributed by atoms with Gasteiger partial charge in [-0.2, -0.15) is 9.78 Å². The Bertz CT molecular complexity index is 1060. The molecule has 1 amide bonds. The number of nitrogens with one attached hydrogen (secondary N) is 1. The number of carbonyl (C=O) groups excluding carboxylic acids is 1. The molecule has 0 radical (unpaired) electrons. The summed E-state index contributed by atoms with van der Waals surface area (Å²) in [5, 5.41) is 7.32. The molecule has 0 aliphatic rings. The highest BCUT2D eigenvalue weighted by Gasteiger charge is 2.18. The number of aromatic nitrogens is 4. The number of hydrogen-bond donors (Lipinski definition) is 1. The Hall–Kier alpha value is -2.94. The molecule has 0 saturated carbocycles. The van der Waals surface area contributed by atoms with Crippen molar-refractivity contribution in [3.8, 4) is 17.4 Å². The number of carbonyl (C=O) groups is 1. The molecular formula is C21H24BrN5O3. The van der Waals surface area contributed by atoms with Crippen molar-refractivity contribution in [2.45, 2.75) is 34.1 Å². The predicted octanol–water partition coefficient (Wildman–Crippen LogP) is 4.40. The number of aryl methyl sites for hydroxylation is 3. The van der Waals surface area contributed by atoms with E-state index in [4.69, 9.17) is 9.47 Å². The topological polar surface area (TPSA) is 91.2 Å². The third-order valence-electron chi connectivity index (χ3n) is 4.18. The first-order valence-corrected chi connectivity index (χ1v) is 10.3. The fourth-order valence-corrected chi connectivity index (χ4v) is 3.48. The molecule has 0 atom stereocenters. The Kier molecular flexibility index (Phi) is 6.71. The molecule has 0 unspecified atom stereocenters. The zero-order chi connectivity index (χ0) is 21.8. The Balaban J connectivity index is 1.93. The first-order chi connectivity index (χ1) is 14.3. The van der Waals surface area contributed by atoms with Gasteiger partial charge in [0, 0.05) is 23.0 Å². The van der Waals surface area contributed by atoms with Crippen LogP contribution >= 0.6 is 15.9 Å². The third kappa shape index (κ3) is 4.79. The van der Waals surface area contributed by atoms with Gasteiger partial charge in [-0.15, -0.1) is 0 Å². The molecule has 0 saturated heterocycles. The SMILES string of the molecule is CCCOc1c(Br)cc(C(=O)Nc2cc(C)nn2-c2nc(C)cc(C)n2)cc1OC. The van der Waals surface area contributed by atoms with Gasteiger partial charge in [0.2, 0.25) is 0 Å². The van der Waals surface area contributed by atoms with Crippen molar-refractivity contribution in [2.75, 3.05) is 19.0 Å². The number of nitrogens with zero attached hydrogens (tertiary/aromatic N) is 4. The normalized spacial score (nSPS) is 10.7. The van der Waals surface area contributed by atoms with Crippen LogP contribution in [0.4, 0.5) is 5.82 Å². The summed E-state index contributed by atoms with van der Waals surface area (Å²) in [5.74, 6) is 1.61. The quantitative estimate of drug-likeness (QED) is 0.546. The second-order valence-electron chi connectivity index (χ2n) is 6.83. The van der Waals surface area contributed by atoms with E-state index in [1.807, 2.05) is 33.8 Å². The fraction of sp³-hybridized carbons (Fsp3) is 0.333. The lowest BCUT2D eigenvalue weighted by Gasteiger charge is -2.14. The summed E-state index contributed by atoms with van der Waals surface area (Å²) >= 11 is 3.47. The lowest BCUT2D eigenvalue weighted by molar-refractivity contribution is 0.102. The third-order valence-corrected chi connectivity index (χ3v) is 4.76. The van der Waals surface area contributed by atoms with Gasteiger partial charge in [0.05, 0.1) is 23.9 Å². The van der Waals surface area contributed by atoms with Crippen molar-refractivity contribution in [1.29, 1.82) is 0 Å². The minimum absolute atomic E-state index is 0.318. The van der Waals surface area contributed by atoms with E-state index in [0.29, 0.717) is 39.9 Å². The highest BCUT2D eigenvalue weighted by molar-refractivity contribution is 9.10. The summed E-state index contributed by atoms with van der Waals surface area (Å²) < 4.78 is 13.3. The van der Waals surface area contributed by atoms with Crippen molar-refractivity contribution in [1.82, 2.24) is 19.7 Å². The van der Waals surface area contributed by atoms with Gasteiger partial charge in [0.25, 0.3) is 11.9 Å². The summed E-state index contributed by atoms with van der Waals surface area (Å²) in [7, 11) is 1.54. The largest absolute Gasteiger partial charge is 0.493 e. The highest BCUT2D eigenvalue weighted by atomic mass is 79.9. The van der Waals surface area contributed by atoms with Gasteiger partial charge in [-0.25, -0.2) is 9.97 Å². The zero-order valence-electron chi connectivity index (χ0n) is 17.6. The molecule has 8 nitrogen and oxygen atoms in total. The van der Waals surface area contributed by atoms with Crippen LogP contribution in [0.2, 0.25) is 0 Å². The molecule has 30 heavy (non-hydrogen) atoms. The molecule has 9 heteroatoms. The minimum Gasteiger partial charge on any atom is -0.493 e. The van der Waals surface area contributed by atoms with Crippen molar-refractivity contribution < 1.29 is 14.3 Å². The summed E-state index contributed by atoms with van der Waals surface area (Å²) in [6, 6.07) is 6.99. The number of hydrogen-bond acceptors (Lipinski definition) is 6. The molecule has 0 fully saturated rings. The number of ether oxygens (including phenoxy) is 2.